The monoisotopic (exact) mass is 321 g/mol. The molecule has 4 atom stereocenters. The van der Waals surface area contributed by atoms with Gasteiger partial charge in [-0.25, -0.2) is 0 Å². The van der Waals surface area contributed by atoms with Gasteiger partial charge in [0.15, 0.2) is 0 Å². The predicted octanol–water partition coefficient (Wildman–Crippen LogP) is 0.929. The molecular weight excluding hydrogens is 298 g/mol. The Balaban J connectivity index is 2.14. The van der Waals surface area contributed by atoms with Crippen LogP contribution in [-0.2, 0) is 14.3 Å². The van der Waals surface area contributed by atoms with E-state index >= 15 is 0 Å². The SMILES string of the molecule is C[C@@H]1C[C@H](O)[C@@H](O)CCC(=O)N[C@H](c2ccccc2)COC1=O. The van der Waals surface area contributed by atoms with Crippen LogP contribution in [0.3, 0.4) is 0 Å². The Bertz CT molecular complexity index is 533. The molecule has 0 saturated carbocycles. The minimum Gasteiger partial charge on any atom is -0.463 e. The average molecular weight is 321 g/mol. The summed E-state index contributed by atoms with van der Waals surface area (Å²) in [5, 5.41) is 22.6. The lowest BCUT2D eigenvalue weighted by atomic mass is 9.97. The lowest BCUT2D eigenvalue weighted by Crippen LogP contribution is -2.37. The number of benzene rings is 1. The molecule has 0 radical (unpaired) electrons. The van der Waals surface area contributed by atoms with Crippen molar-refractivity contribution >= 4 is 11.9 Å². The van der Waals surface area contributed by atoms with Crippen molar-refractivity contribution < 1.29 is 24.5 Å². The number of amides is 1. The summed E-state index contributed by atoms with van der Waals surface area (Å²) in [4.78, 5) is 24.0. The lowest BCUT2D eigenvalue weighted by molar-refractivity contribution is -0.151. The number of hydrogen-bond acceptors (Lipinski definition) is 5. The normalized spacial score (nSPS) is 30.6. The Morgan fingerprint density at radius 1 is 1.13 bits per heavy atom. The van der Waals surface area contributed by atoms with Crippen molar-refractivity contribution in [3.8, 4) is 0 Å². The molecule has 6 nitrogen and oxygen atoms in total. The first-order valence-corrected chi connectivity index (χ1v) is 7.84. The summed E-state index contributed by atoms with van der Waals surface area (Å²) in [6, 6.07) is 8.84. The first kappa shape index (κ1) is 17.4. The van der Waals surface area contributed by atoms with Crippen LogP contribution < -0.4 is 5.32 Å². The minimum atomic E-state index is -1.05. The van der Waals surface area contributed by atoms with Crippen LogP contribution in [0, 0.1) is 5.92 Å². The van der Waals surface area contributed by atoms with Gasteiger partial charge >= 0.3 is 5.97 Å². The predicted molar refractivity (Wildman–Crippen MR) is 83.3 cm³/mol. The van der Waals surface area contributed by atoms with Crippen LogP contribution in [0.1, 0.15) is 37.8 Å². The van der Waals surface area contributed by atoms with Gasteiger partial charge in [-0.3, -0.25) is 9.59 Å². The van der Waals surface area contributed by atoms with Gasteiger partial charge in [0.05, 0.1) is 24.2 Å². The second-order valence-corrected chi connectivity index (χ2v) is 5.97. The average Bonchev–Trinajstić information content (AvgIpc) is 2.55. The first-order chi connectivity index (χ1) is 11.0. The molecule has 1 heterocycles. The molecule has 1 amide bonds. The van der Waals surface area contributed by atoms with Gasteiger partial charge in [-0.2, -0.15) is 0 Å². The summed E-state index contributed by atoms with van der Waals surface area (Å²) < 4.78 is 5.28. The highest BCUT2D eigenvalue weighted by Gasteiger charge is 2.27. The highest BCUT2D eigenvalue weighted by molar-refractivity contribution is 5.76. The Morgan fingerprint density at radius 3 is 2.52 bits per heavy atom. The smallest absolute Gasteiger partial charge is 0.308 e. The highest BCUT2D eigenvalue weighted by atomic mass is 16.5. The topological polar surface area (TPSA) is 95.9 Å². The number of esters is 1. The second kappa shape index (κ2) is 8.08. The Labute approximate surface area is 135 Å². The van der Waals surface area contributed by atoms with Gasteiger partial charge in [0.2, 0.25) is 5.91 Å². The fourth-order valence-electron chi connectivity index (χ4n) is 2.57. The Hall–Kier alpha value is -1.92. The molecule has 1 saturated heterocycles. The molecule has 1 aromatic rings. The Kier molecular flexibility index (Phi) is 6.12. The largest absolute Gasteiger partial charge is 0.463 e. The summed E-state index contributed by atoms with van der Waals surface area (Å²) in [7, 11) is 0. The highest BCUT2D eigenvalue weighted by Crippen LogP contribution is 2.19. The third kappa shape index (κ3) is 5.04. The van der Waals surface area contributed by atoms with Gasteiger partial charge in [-0.1, -0.05) is 37.3 Å². The maximum absolute atomic E-state index is 12.0. The minimum absolute atomic E-state index is 0.0393. The second-order valence-electron chi connectivity index (χ2n) is 5.97. The van der Waals surface area contributed by atoms with Gasteiger partial charge in [0.1, 0.15) is 6.61 Å². The molecule has 3 N–H and O–H groups in total. The van der Waals surface area contributed by atoms with Gasteiger partial charge < -0.3 is 20.3 Å². The summed E-state index contributed by atoms with van der Waals surface area (Å²) in [5.41, 5.74) is 0.846. The molecule has 1 aromatic carbocycles. The van der Waals surface area contributed by atoms with E-state index in [4.69, 9.17) is 4.74 Å². The van der Waals surface area contributed by atoms with Crippen LogP contribution in [0.5, 0.6) is 0 Å². The number of carbonyl (C=O) groups is 2. The van der Waals surface area contributed by atoms with Gasteiger partial charge in [-0.15, -0.1) is 0 Å². The number of rotatable bonds is 1. The zero-order valence-electron chi connectivity index (χ0n) is 13.1. The van der Waals surface area contributed by atoms with E-state index in [0.717, 1.165) is 5.56 Å². The van der Waals surface area contributed by atoms with Crippen LogP contribution in [0.4, 0.5) is 0 Å². The van der Waals surface area contributed by atoms with E-state index in [9.17, 15) is 19.8 Å². The van der Waals surface area contributed by atoms with E-state index < -0.39 is 30.1 Å². The summed E-state index contributed by atoms with van der Waals surface area (Å²) in [6.45, 7) is 1.69. The number of hydrogen-bond donors (Lipinski definition) is 3. The third-order valence-corrected chi connectivity index (χ3v) is 4.04. The molecule has 0 unspecified atom stereocenters. The van der Waals surface area contributed by atoms with Crippen LogP contribution >= 0.6 is 0 Å². The summed E-state index contributed by atoms with van der Waals surface area (Å²) in [5.74, 6) is -1.23. The molecule has 0 aliphatic carbocycles. The summed E-state index contributed by atoms with van der Waals surface area (Å²) >= 11 is 0. The number of aliphatic hydroxyl groups is 2. The van der Waals surface area contributed by atoms with Crippen molar-refractivity contribution in [1.29, 1.82) is 0 Å². The number of ether oxygens (including phenoxy) is 1. The molecule has 0 spiro atoms. The van der Waals surface area contributed by atoms with Crippen molar-refractivity contribution in [2.75, 3.05) is 6.61 Å². The fraction of sp³-hybridized carbons (Fsp3) is 0.529. The van der Waals surface area contributed by atoms with Gasteiger partial charge in [0.25, 0.3) is 0 Å². The molecule has 1 aliphatic heterocycles. The maximum atomic E-state index is 12.0. The molecule has 0 bridgehead atoms. The van der Waals surface area contributed by atoms with E-state index in [0.29, 0.717) is 0 Å². The lowest BCUT2D eigenvalue weighted by Gasteiger charge is -2.24. The standard InChI is InChI=1S/C17H23NO5/c1-11-9-15(20)14(19)7-8-16(21)18-13(10-23-17(11)22)12-5-3-2-4-6-12/h2-6,11,13-15,19-20H,7-10H2,1H3,(H,18,21)/t11-,13+,14+,15+/m1/s1. The van der Waals surface area contributed by atoms with Crippen molar-refractivity contribution in [2.24, 2.45) is 5.92 Å². The quantitative estimate of drug-likeness (QED) is 0.669. The van der Waals surface area contributed by atoms with E-state index in [1.807, 2.05) is 30.3 Å². The Morgan fingerprint density at radius 2 is 1.83 bits per heavy atom. The van der Waals surface area contributed by atoms with Crippen molar-refractivity contribution in [3.63, 3.8) is 0 Å². The number of aliphatic hydroxyl groups excluding tert-OH is 2. The van der Waals surface area contributed by atoms with Gasteiger partial charge in [-0.05, 0) is 18.4 Å². The fourth-order valence-corrected chi connectivity index (χ4v) is 2.57. The zero-order chi connectivity index (χ0) is 16.8. The van der Waals surface area contributed by atoms with E-state index in [2.05, 4.69) is 5.32 Å². The summed E-state index contributed by atoms with van der Waals surface area (Å²) in [6.07, 6.45) is -1.72. The molecule has 1 fully saturated rings. The van der Waals surface area contributed by atoms with Crippen molar-refractivity contribution in [2.45, 2.75) is 44.4 Å². The van der Waals surface area contributed by atoms with Crippen LogP contribution in [0.25, 0.3) is 0 Å². The van der Waals surface area contributed by atoms with Crippen molar-refractivity contribution in [1.82, 2.24) is 5.32 Å². The van der Waals surface area contributed by atoms with E-state index in [-0.39, 0.29) is 31.8 Å². The maximum Gasteiger partial charge on any atom is 0.308 e. The van der Waals surface area contributed by atoms with E-state index in [1.54, 1.807) is 6.92 Å². The van der Waals surface area contributed by atoms with Crippen LogP contribution in [-0.4, -0.2) is 40.9 Å². The van der Waals surface area contributed by atoms with Crippen LogP contribution in [0.15, 0.2) is 30.3 Å². The molecule has 23 heavy (non-hydrogen) atoms. The van der Waals surface area contributed by atoms with Crippen molar-refractivity contribution in [3.05, 3.63) is 35.9 Å². The van der Waals surface area contributed by atoms with E-state index in [1.165, 1.54) is 0 Å². The molecular formula is C17H23NO5. The molecule has 0 aromatic heterocycles. The first-order valence-electron chi connectivity index (χ1n) is 7.84. The molecule has 2 rings (SSSR count). The third-order valence-electron chi connectivity index (χ3n) is 4.04. The molecule has 6 heteroatoms. The number of carbonyl (C=O) groups excluding carboxylic acids is 2. The number of nitrogens with one attached hydrogen (secondary N) is 1. The number of cyclic esters (lactones) is 1. The zero-order valence-corrected chi connectivity index (χ0v) is 13.1. The van der Waals surface area contributed by atoms with Gasteiger partial charge in [0, 0.05) is 6.42 Å². The molecule has 126 valence electrons. The molecule has 1 aliphatic rings. The van der Waals surface area contributed by atoms with Crippen LogP contribution in [0.2, 0.25) is 0 Å².